The summed E-state index contributed by atoms with van der Waals surface area (Å²) >= 11 is 0. The molecular formula is C46H73NO8P+. The van der Waals surface area contributed by atoms with Crippen molar-refractivity contribution in [2.24, 2.45) is 0 Å². The van der Waals surface area contributed by atoms with Gasteiger partial charge in [-0.15, -0.1) is 0 Å². The summed E-state index contributed by atoms with van der Waals surface area (Å²) in [4.78, 5) is 35.2. The number of ether oxygens (including phenoxy) is 2. The first-order chi connectivity index (χ1) is 27.0. The van der Waals surface area contributed by atoms with Crippen molar-refractivity contribution in [3.8, 4) is 0 Å². The lowest BCUT2D eigenvalue weighted by molar-refractivity contribution is -0.870. The van der Waals surface area contributed by atoms with Crippen LogP contribution in [-0.2, 0) is 32.7 Å². The fourth-order valence-corrected chi connectivity index (χ4v) is 5.22. The number of hydrogen-bond donors (Lipinski definition) is 1. The first-order valence-electron chi connectivity index (χ1n) is 20.3. The van der Waals surface area contributed by atoms with Crippen LogP contribution in [0.2, 0.25) is 0 Å². The summed E-state index contributed by atoms with van der Waals surface area (Å²) in [5, 5.41) is 0. The van der Waals surface area contributed by atoms with Crippen LogP contribution < -0.4 is 0 Å². The average Bonchev–Trinajstić information content (AvgIpc) is 3.15. The van der Waals surface area contributed by atoms with Gasteiger partial charge in [-0.1, -0.05) is 142 Å². The van der Waals surface area contributed by atoms with Gasteiger partial charge in [0.15, 0.2) is 6.10 Å². The van der Waals surface area contributed by atoms with Gasteiger partial charge in [-0.3, -0.25) is 18.6 Å². The molecular weight excluding hydrogens is 725 g/mol. The molecule has 0 fully saturated rings. The number of carbonyl (C=O) groups is 2. The lowest BCUT2D eigenvalue weighted by Gasteiger charge is -2.24. The Balaban J connectivity index is 4.58. The maximum atomic E-state index is 12.6. The molecule has 1 N–H and O–H groups in total. The molecule has 0 aliphatic carbocycles. The van der Waals surface area contributed by atoms with Crippen LogP contribution >= 0.6 is 7.82 Å². The van der Waals surface area contributed by atoms with Gasteiger partial charge < -0.3 is 18.9 Å². The highest BCUT2D eigenvalue weighted by atomic mass is 31.2. The van der Waals surface area contributed by atoms with Crippen molar-refractivity contribution < 1.29 is 42.1 Å². The van der Waals surface area contributed by atoms with E-state index in [0.29, 0.717) is 30.3 Å². The lowest BCUT2D eigenvalue weighted by atomic mass is 10.1. The zero-order chi connectivity index (χ0) is 41.4. The number of hydrogen-bond acceptors (Lipinski definition) is 7. The van der Waals surface area contributed by atoms with E-state index in [1.54, 1.807) is 0 Å². The Kier molecular flexibility index (Phi) is 34.6. The molecule has 0 amide bonds. The molecule has 0 spiro atoms. The maximum absolute atomic E-state index is 12.6. The summed E-state index contributed by atoms with van der Waals surface area (Å²) in [7, 11) is 1.38. The molecule has 0 rings (SSSR count). The van der Waals surface area contributed by atoms with E-state index >= 15 is 0 Å². The van der Waals surface area contributed by atoms with Crippen LogP contribution in [0.3, 0.4) is 0 Å². The van der Waals surface area contributed by atoms with E-state index in [1.165, 1.54) is 0 Å². The molecule has 2 atom stereocenters. The van der Waals surface area contributed by atoms with Gasteiger partial charge in [0.05, 0.1) is 27.7 Å². The SMILES string of the molecule is CC/C=C/C=C/C=C/C=C/C=C/CCCC(=O)OC(COC(=O)CCCCC/C=C/C/C=C/C/C=C/C/C=C/C/C=C/CC)COP(=O)(O)OCC[N+](C)(C)C. The first kappa shape index (κ1) is 52.4. The van der Waals surface area contributed by atoms with Crippen molar-refractivity contribution in [2.45, 2.75) is 110 Å². The van der Waals surface area contributed by atoms with Crippen molar-refractivity contribution in [3.05, 3.63) is 122 Å². The average molecular weight is 799 g/mol. The van der Waals surface area contributed by atoms with E-state index in [9.17, 15) is 19.0 Å². The molecule has 0 aromatic heterocycles. The summed E-state index contributed by atoms with van der Waals surface area (Å²) < 4.78 is 34.1. The van der Waals surface area contributed by atoms with Crippen molar-refractivity contribution in [2.75, 3.05) is 47.5 Å². The molecule has 56 heavy (non-hydrogen) atoms. The van der Waals surface area contributed by atoms with Gasteiger partial charge in [0.2, 0.25) is 0 Å². The van der Waals surface area contributed by atoms with Crippen molar-refractivity contribution in [1.29, 1.82) is 0 Å². The van der Waals surface area contributed by atoms with Gasteiger partial charge in [0.25, 0.3) is 0 Å². The Morgan fingerprint density at radius 2 is 1.07 bits per heavy atom. The predicted octanol–water partition coefficient (Wildman–Crippen LogP) is 11.3. The standard InChI is InChI=1S/C46H72NO8P/c1-6-8-10-12-14-16-18-20-21-22-23-24-25-27-28-30-32-34-36-38-45(48)52-42-44(43-54-56(50,51)53-41-40-47(3,4)5)55-46(49)39-37-35-33-31-29-26-19-17-15-13-11-9-7-2/h8-11,13-17,19-21,23-24,26-29,31,33,44H,6-7,12,18,22,25,30,32,34-43H2,1-5H3/p+1/b10-8+,11-9+,15-13+,16-14+,19-17+,21-20+,24-23+,28-27+,29-26+,33-31+. The molecule has 0 heterocycles. The molecule has 0 saturated heterocycles. The van der Waals surface area contributed by atoms with Crippen molar-refractivity contribution >= 4 is 19.8 Å². The van der Waals surface area contributed by atoms with E-state index in [0.717, 1.165) is 57.8 Å². The fraction of sp³-hybridized carbons (Fsp3) is 0.522. The van der Waals surface area contributed by atoms with Crippen LogP contribution in [0, 0.1) is 0 Å². The van der Waals surface area contributed by atoms with Crippen LogP contribution in [0.1, 0.15) is 104 Å². The summed E-state index contributed by atoms with van der Waals surface area (Å²) in [6, 6.07) is 0. The number of rotatable bonds is 34. The lowest BCUT2D eigenvalue weighted by Crippen LogP contribution is -2.37. The largest absolute Gasteiger partial charge is 0.472 e. The second kappa shape index (κ2) is 37.0. The Morgan fingerprint density at radius 1 is 0.571 bits per heavy atom. The molecule has 0 aliphatic rings. The number of unbranched alkanes of at least 4 members (excludes halogenated alkanes) is 4. The maximum Gasteiger partial charge on any atom is 0.472 e. The molecule has 2 unspecified atom stereocenters. The van der Waals surface area contributed by atoms with E-state index < -0.39 is 32.5 Å². The number of phosphoric acid groups is 1. The molecule has 0 saturated carbocycles. The third-order valence-electron chi connectivity index (χ3n) is 7.62. The molecule has 0 aromatic carbocycles. The van der Waals surface area contributed by atoms with Crippen LogP contribution in [-0.4, -0.2) is 74.9 Å². The van der Waals surface area contributed by atoms with Gasteiger partial charge in [0, 0.05) is 12.8 Å². The number of phosphoric ester groups is 1. The normalized spacial score (nSPS) is 14.9. The van der Waals surface area contributed by atoms with E-state index in [-0.39, 0.29) is 26.1 Å². The summed E-state index contributed by atoms with van der Waals surface area (Å²) in [5.41, 5.74) is 0. The van der Waals surface area contributed by atoms with Gasteiger partial charge in [0.1, 0.15) is 19.8 Å². The minimum atomic E-state index is -4.41. The van der Waals surface area contributed by atoms with Crippen LogP contribution in [0.4, 0.5) is 0 Å². The predicted molar refractivity (Wildman–Crippen MR) is 233 cm³/mol. The summed E-state index contributed by atoms with van der Waals surface area (Å²) in [6.45, 7) is 3.98. The smallest absolute Gasteiger partial charge is 0.462 e. The van der Waals surface area contributed by atoms with Crippen LogP contribution in [0.5, 0.6) is 0 Å². The molecule has 314 valence electrons. The van der Waals surface area contributed by atoms with Crippen molar-refractivity contribution in [1.82, 2.24) is 0 Å². The molecule has 0 radical (unpaired) electrons. The number of esters is 2. The zero-order valence-electron chi connectivity index (χ0n) is 35.1. The third kappa shape index (κ3) is 40.1. The minimum Gasteiger partial charge on any atom is -0.462 e. The van der Waals surface area contributed by atoms with Gasteiger partial charge in [-0.2, -0.15) is 0 Å². The molecule has 10 heteroatoms. The monoisotopic (exact) mass is 799 g/mol. The Morgan fingerprint density at radius 3 is 1.64 bits per heavy atom. The topological polar surface area (TPSA) is 108 Å². The van der Waals surface area contributed by atoms with Crippen LogP contribution in [0.25, 0.3) is 0 Å². The second-order valence-corrected chi connectivity index (χ2v) is 15.5. The first-order valence-corrected chi connectivity index (χ1v) is 21.8. The molecule has 0 aliphatic heterocycles. The molecule has 0 bridgehead atoms. The van der Waals surface area contributed by atoms with Crippen LogP contribution in [0.15, 0.2) is 122 Å². The molecule has 9 nitrogen and oxygen atoms in total. The fourth-order valence-electron chi connectivity index (χ4n) is 4.48. The summed E-state index contributed by atoms with van der Waals surface area (Å²) in [6.07, 6.45) is 51.2. The summed E-state index contributed by atoms with van der Waals surface area (Å²) in [5.74, 6) is -0.941. The van der Waals surface area contributed by atoms with E-state index in [4.69, 9.17) is 18.5 Å². The zero-order valence-corrected chi connectivity index (χ0v) is 35.9. The Hall–Kier alpha value is -3.59. The van der Waals surface area contributed by atoms with E-state index in [1.807, 2.05) is 75.8 Å². The van der Waals surface area contributed by atoms with Crippen molar-refractivity contribution in [3.63, 3.8) is 0 Å². The quantitative estimate of drug-likeness (QED) is 0.0171. The second-order valence-electron chi connectivity index (χ2n) is 14.0. The highest BCUT2D eigenvalue weighted by Crippen LogP contribution is 2.43. The number of nitrogens with zero attached hydrogens (tertiary/aromatic N) is 1. The van der Waals surface area contributed by atoms with Gasteiger partial charge in [-0.25, -0.2) is 4.57 Å². The third-order valence-corrected chi connectivity index (χ3v) is 8.60. The highest BCUT2D eigenvalue weighted by Gasteiger charge is 2.27. The Bertz CT molecular complexity index is 1360. The molecule has 0 aromatic rings. The highest BCUT2D eigenvalue weighted by molar-refractivity contribution is 7.47. The van der Waals surface area contributed by atoms with Gasteiger partial charge in [-0.05, 0) is 70.6 Å². The van der Waals surface area contributed by atoms with E-state index in [2.05, 4.69) is 80.7 Å². The number of quaternary nitrogens is 1. The Labute approximate surface area is 339 Å². The number of likely N-dealkylation sites (N-methyl/N-ethyl adjacent to an activating group) is 1. The van der Waals surface area contributed by atoms with Gasteiger partial charge >= 0.3 is 19.8 Å². The number of allylic oxidation sites excluding steroid dienone is 20. The minimum absolute atomic E-state index is 0.00445. The number of carbonyl (C=O) groups excluding carboxylic acids is 2.